The highest BCUT2D eigenvalue weighted by molar-refractivity contribution is 5.88. The van der Waals surface area contributed by atoms with Gasteiger partial charge in [-0.2, -0.15) is 0 Å². The summed E-state index contributed by atoms with van der Waals surface area (Å²) in [7, 11) is 2.42. The van der Waals surface area contributed by atoms with Crippen LogP contribution >= 0.6 is 0 Å². The van der Waals surface area contributed by atoms with Crippen LogP contribution in [0.2, 0.25) is 0 Å². The number of likely N-dealkylation sites (tertiary alicyclic amines) is 1. The molecule has 0 radical (unpaired) electrons. The summed E-state index contributed by atoms with van der Waals surface area (Å²) in [5.41, 5.74) is 4.29. The average molecular weight is 426 g/mol. The summed E-state index contributed by atoms with van der Waals surface area (Å²) in [6, 6.07) is 7.37. The van der Waals surface area contributed by atoms with Gasteiger partial charge in [-0.15, -0.1) is 0 Å². The van der Waals surface area contributed by atoms with Gasteiger partial charge < -0.3 is 38.6 Å². The molecule has 1 aromatic heterocycles. The second-order valence-corrected chi connectivity index (χ2v) is 7.63. The lowest BCUT2D eigenvalue weighted by Crippen LogP contribution is -3.00. The SMILES string of the molecule is CCC[N+]1(C)C[C@H](CO)C[C@@H]2c3cccc4[nH]cc(c34)C[C@H]21.[I-]. The van der Waals surface area contributed by atoms with Crippen LogP contribution in [-0.2, 0) is 6.42 Å². The summed E-state index contributed by atoms with van der Waals surface area (Å²) in [4.78, 5) is 3.46. The smallest absolute Gasteiger partial charge is 0.0999 e. The first-order valence-electron chi connectivity index (χ1n) is 8.70. The quantitative estimate of drug-likeness (QED) is 0.528. The second-order valence-electron chi connectivity index (χ2n) is 7.63. The molecule has 1 saturated heterocycles. The fourth-order valence-corrected chi connectivity index (χ4v) is 5.33. The van der Waals surface area contributed by atoms with Crippen molar-refractivity contribution in [3.8, 4) is 0 Å². The van der Waals surface area contributed by atoms with Gasteiger partial charge in [-0.3, -0.25) is 0 Å². The highest BCUT2D eigenvalue weighted by Crippen LogP contribution is 2.46. The lowest BCUT2D eigenvalue weighted by molar-refractivity contribution is -0.943. The van der Waals surface area contributed by atoms with E-state index in [-0.39, 0.29) is 24.0 Å². The summed E-state index contributed by atoms with van der Waals surface area (Å²) in [6.45, 7) is 4.96. The van der Waals surface area contributed by atoms with Crippen molar-refractivity contribution in [2.45, 2.75) is 38.1 Å². The number of hydrogen-bond acceptors (Lipinski definition) is 1. The van der Waals surface area contributed by atoms with Gasteiger partial charge in [-0.1, -0.05) is 19.1 Å². The van der Waals surface area contributed by atoms with E-state index in [1.165, 1.54) is 41.4 Å². The van der Waals surface area contributed by atoms with Crippen LogP contribution < -0.4 is 24.0 Å². The minimum atomic E-state index is 0. The van der Waals surface area contributed by atoms with Crippen LogP contribution in [0.3, 0.4) is 0 Å². The zero-order valence-electron chi connectivity index (χ0n) is 14.1. The van der Waals surface area contributed by atoms with E-state index in [9.17, 15) is 5.11 Å². The molecule has 2 heterocycles. The zero-order chi connectivity index (χ0) is 15.3. The number of nitrogens with zero attached hydrogens (tertiary/aromatic N) is 1. The van der Waals surface area contributed by atoms with Crippen molar-refractivity contribution in [3.05, 3.63) is 35.5 Å². The van der Waals surface area contributed by atoms with Gasteiger partial charge in [-0.05, 0) is 30.0 Å². The number of aromatic nitrogens is 1. The van der Waals surface area contributed by atoms with Crippen LogP contribution in [-0.4, -0.2) is 47.4 Å². The Morgan fingerprint density at radius 1 is 1.35 bits per heavy atom. The molecule has 126 valence electrons. The highest BCUT2D eigenvalue weighted by atomic mass is 127. The van der Waals surface area contributed by atoms with Crippen LogP contribution in [0.4, 0.5) is 0 Å². The first kappa shape index (κ1) is 17.2. The van der Waals surface area contributed by atoms with Gasteiger partial charge >= 0.3 is 0 Å². The maximum Gasteiger partial charge on any atom is 0.0999 e. The highest BCUT2D eigenvalue weighted by Gasteiger charge is 2.48. The number of hydrogen-bond donors (Lipinski definition) is 2. The molecule has 1 aromatic carbocycles. The molecule has 1 unspecified atom stereocenters. The molecule has 4 rings (SSSR count). The van der Waals surface area contributed by atoms with E-state index < -0.39 is 0 Å². The summed E-state index contributed by atoms with van der Waals surface area (Å²) in [5, 5.41) is 11.3. The number of H-pyrrole nitrogens is 1. The lowest BCUT2D eigenvalue weighted by Gasteiger charge is -2.52. The van der Waals surface area contributed by atoms with E-state index in [1.54, 1.807) is 0 Å². The fraction of sp³-hybridized carbons (Fsp3) is 0.579. The maximum absolute atomic E-state index is 9.81. The Bertz CT molecular complexity index is 698. The predicted octanol–water partition coefficient (Wildman–Crippen LogP) is 0.0490. The van der Waals surface area contributed by atoms with Crippen molar-refractivity contribution in [2.24, 2.45) is 5.92 Å². The number of aliphatic hydroxyl groups is 1. The first-order chi connectivity index (χ1) is 10.7. The predicted molar refractivity (Wildman–Crippen MR) is 89.9 cm³/mol. The standard InChI is InChI=1S/C19H27N2O.HI/c1-3-7-21(2)11-13(12-22)8-16-15-5-4-6-17-19(15)14(10-20-17)9-18(16)21;/h4-6,10,13,16,18,20,22H,3,7-9,11-12H2,1-2H3;1H/q+1;/p-1/t13-,16-,18-,21?;/m1./s1. The topological polar surface area (TPSA) is 36.0 Å². The lowest BCUT2D eigenvalue weighted by atomic mass is 9.71. The van der Waals surface area contributed by atoms with Gasteiger partial charge in [-0.25, -0.2) is 0 Å². The van der Waals surface area contributed by atoms with Crippen LogP contribution in [0.1, 0.15) is 36.8 Å². The number of nitrogens with one attached hydrogen (secondary N) is 1. The van der Waals surface area contributed by atoms with E-state index >= 15 is 0 Å². The molecule has 0 amide bonds. The Morgan fingerprint density at radius 2 is 2.17 bits per heavy atom. The Balaban J connectivity index is 0.00000156. The number of quaternary nitrogens is 1. The van der Waals surface area contributed by atoms with Crippen LogP contribution in [0.25, 0.3) is 10.9 Å². The molecule has 0 bridgehead atoms. The molecule has 1 aliphatic heterocycles. The van der Waals surface area contributed by atoms with Gasteiger partial charge in [0.1, 0.15) is 0 Å². The number of likely N-dealkylation sites (N-methyl/N-ethyl adjacent to an activating group) is 1. The molecule has 2 N–H and O–H groups in total. The summed E-state index contributed by atoms with van der Waals surface area (Å²) in [6.07, 6.45) is 5.75. The number of aromatic amines is 1. The number of benzene rings is 1. The molecule has 2 aromatic rings. The summed E-state index contributed by atoms with van der Waals surface area (Å²) >= 11 is 0. The molecule has 1 fully saturated rings. The van der Waals surface area contributed by atoms with Crippen LogP contribution in [0.15, 0.2) is 24.4 Å². The van der Waals surface area contributed by atoms with E-state index in [4.69, 9.17) is 0 Å². The van der Waals surface area contributed by atoms with Crippen molar-refractivity contribution >= 4 is 10.9 Å². The number of aliphatic hydroxyl groups excluding tert-OH is 1. The molecule has 1 aliphatic carbocycles. The average Bonchev–Trinajstić information content (AvgIpc) is 2.93. The zero-order valence-corrected chi connectivity index (χ0v) is 16.2. The molecule has 3 nitrogen and oxygen atoms in total. The van der Waals surface area contributed by atoms with Crippen molar-refractivity contribution in [2.75, 3.05) is 26.7 Å². The normalized spacial score (nSPS) is 32.4. The van der Waals surface area contributed by atoms with Gasteiger partial charge in [0.2, 0.25) is 0 Å². The molecule has 23 heavy (non-hydrogen) atoms. The largest absolute Gasteiger partial charge is 1.00 e. The third-order valence-electron chi connectivity index (χ3n) is 6.17. The monoisotopic (exact) mass is 426 g/mol. The Hall–Kier alpha value is -0.590. The fourth-order valence-electron chi connectivity index (χ4n) is 5.33. The van der Waals surface area contributed by atoms with Crippen LogP contribution in [0.5, 0.6) is 0 Å². The summed E-state index contributed by atoms with van der Waals surface area (Å²) in [5.74, 6) is 1.03. The number of fused-ring (bicyclic) bond motifs is 2. The molecule has 0 spiro atoms. The van der Waals surface area contributed by atoms with Gasteiger partial charge in [0.05, 0.1) is 32.8 Å². The number of halogens is 1. The summed E-state index contributed by atoms with van der Waals surface area (Å²) < 4.78 is 1.12. The maximum atomic E-state index is 9.81. The Morgan fingerprint density at radius 3 is 2.91 bits per heavy atom. The van der Waals surface area contributed by atoms with Crippen molar-refractivity contribution in [3.63, 3.8) is 0 Å². The van der Waals surface area contributed by atoms with Gasteiger partial charge in [0.15, 0.2) is 0 Å². The molecule has 4 heteroatoms. The minimum Gasteiger partial charge on any atom is -1.00 e. The molecule has 2 aliphatic rings. The van der Waals surface area contributed by atoms with E-state index in [0.717, 1.165) is 17.4 Å². The van der Waals surface area contributed by atoms with Crippen molar-refractivity contribution < 1.29 is 33.6 Å². The van der Waals surface area contributed by atoms with Gasteiger partial charge in [0, 0.05) is 35.4 Å². The van der Waals surface area contributed by atoms with E-state index in [2.05, 4.69) is 43.4 Å². The third kappa shape index (κ3) is 2.63. The molecule has 4 atom stereocenters. The first-order valence-corrected chi connectivity index (χ1v) is 8.70. The number of piperidine rings is 1. The second kappa shape index (κ2) is 6.37. The van der Waals surface area contributed by atoms with Gasteiger partial charge in [0.25, 0.3) is 0 Å². The molecule has 0 saturated carbocycles. The van der Waals surface area contributed by atoms with E-state index in [0.29, 0.717) is 24.5 Å². The number of rotatable bonds is 3. The van der Waals surface area contributed by atoms with Crippen molar-refractivity contribution in [1.82, 2.24) is 4.98 Å². The van der Waals surface area contributed by atoms with Crippen molar-refractivity contribution in [1.29, 1.82) is 0 Å². The molecular weight excluding hydrogens is 399 g/mol. The Labute approximate surface area is 155 Å². The van der Waals surface area contributed by atoms with Crippen LogP contribution in [0, 0.1) is 5.92 Å². The molecular formula is C19H27IN2O. The Kier molecular flexibility index (Phi) is 4.78. The minimum absolute atomic E-state index is 0. The third-order valence-corrected chi connectivity index (χ3v) is 6.17. The van der Waals surface area contributed by atoms with E-state index in [1.807, 2.05) is 0 Å².